The number of hydrogen-bond donors (Lipinski definition) is 0. The van der Waals surface area contributed by atoms with Gasteiger partial charge in [0.2, 0.25) is 15.9 Å². The number of halogens is 2. The van der Waals surface area contributed by atoms with Crippen LogP contribution in [0.1, 0.15) is 17.5 Å². The fraction of sp³-hybridized carbons (Fsp3) is 0.286. The minimum absolute atomic E-state index is 0.0784. The van der Waals surface area contributed by atoms with Crippen molar-refractivity contribution in [2.75, 3.05) is 26.2 Å². The Bertz CT molecular complexity index is 991. The molecule has 1 amide bonds. The summed E-state index contributed by atoms with van der Waals surface area (Å²) in [5.74, 6) is -0.936. The molecule has 2 aromatic carbocycles. The van der Waals surface area contributed by atoms with Crippen molar-refractivity contribution in [3.05, 3.63) is 76.7 Å². The molecule has 0 aliphatic carbocycles. The fourth-order valence-corrected chi connectivity index (χ4v) is 4.38. The SMILES string of the molecule is O=C(Cc1cccc(F)c1)N1CCCN(S(=O)(=O)/C=C/c2ccc(F)cc2)CC1. The number of hydrogen-bond acceptors (Lipinski definition) is 3. The average molecular weight is 420 g/mol. The predicted octanol–water partition coefficient (Wildman–Crippen LogP) is 3.04. The Morgan fingerprint density at radius 1 is 0.966 bits per heavy atom. The van der Waals surface area contributed by atoms with Crippen molar-refractivity contribution in [1.29, 1.82) is 0 Å². The molecular formula is C21H22F2N2O3S. The molecule has 1 aliphatic rings. The van der Waals surface area contributed by atoms with E-state index in [1.807, 2.05) is 0 Å². The van der Waals surface area contributed by atoms with E-state index >= 15 is 0 Å². The summed E-state index contributed by atoms with van der Waals surface area (Å²) in [6.07, 6.45) is 2.01. The van der Waals surface area contributed by atoms with Crippen molar-refractivity contribution in [2.24, 2.45) is 0 Å². The van der Waals surface area contributed by atoms with Gasteiger partial charge in [-0.15, -0.1) is 0 Å². The lowest BCUT2D eigenvalue weighted by molar-refractivity contribution is -0.130. The van der Waals surface area contributed by atoms with Crippen molar-refractivity contribution in [3.63, 3.8) is 0 Å². The third-order valence-electron chi connectivity index (χ3n) is 4.71. The van der Waals surface area contributed by atoms with Gasteiger partial charge in [0.05, 0.1) is 6.42 Å². The minimum Gasteiger partial charge on any atom is -0.341 e. The van der Waals surface area contributed by atoms with Crippen LogP contribution in [0.2, 0.25) is 0 Å². The molecule has 1 saturated heterocycles. The Hall–Kier alpha value is -2.58. The van der Waals surface area contributed by atoms with Gasteiger partial charge in [0.25, 0.3) is 0 Å². The zero-order valence-electron chi connectivity index (χ0n) is 15.8. The number of benzene rings is 2. The molecule has 1 heterocycles. The molecular weight excluding hydrogens is 398 g/mol. The van der Waals surface area contributed by atoms with Crippen molar-refractivity contribution in [1.82, 2.24) is 9.21 Å². The van der Waals surface area contributed by atoms with Crippen LogP contribution in [0.25, 0.3) is 6.08 Å². The number of sulfonamides is 1. The Kier molecular flexibility index (Phi) is 6.76. The maximum atomic E-state index is 13.3. The lowest BCUT2D eigenvalue weighted by Crippen LogP contribution is -2.37. The van der Waals surface area contributed by atoms with Crippen LogP contribution in [0, 0.1) is 11.6 Å². The van der Waals surface area contributed by atoms with E-state index in [2.05, 4.69) is 0 Å². The first kappa shape index (κ1) is 21.1. The smallest absolute Gasteiger partial charge is 0.236 e. The number of nitrogens with zero attached hydrogens (tertiary/aromatic N) is 2. The quantitative estimate of drug-likeness (QED) is 0.747. The summed E-state index contributed by atoms with van der Waals surface area (Å²) >= 11 is 0. The third kappa shape index (κ3) is 5.95. The summed E-state index contributed by atoms with van der Waals surface area (Å²) < 4.78 is 52.8. The highest BCUT2D eigenvalue weighted by atomic mass is 32.2. The van der Waals surface area contributed by atoms with Crippen LogP contribution in [-0.2, 0) is 21.2 Å². The van der Waals surface area contributed by atoms with Gasteiger partial charge in [-0.25, -0.2) is 17.2 Å². The highest BCUT2D eigenvalue weighted by molar-refractivity contribution is 7.92. The Morgan fingerprint density at radius 3 is 2.45 bits per heavy atom. The molecule has 0 spiro atoms. The second-order valence-corrected chi connectivity index (χ2v) is 8.66. The van der Waals surface area contributed by atoms with E-state index in [-0.39, 0.29) is 31.2 Å². The molecule has 0 atom stereocenters. The summed E-state index contributed by atoms with van der Waals surface area (Å²) in [6, 6.07) is 11.4. The normalized spacial score (nSPS) is 16.1. The predicted molar refractivity (Wildman–Crippen MR) is 107 cm³/mol. The number of amides is 1. The second kappa shape index (κ2) is 9.28. The molecule has 3 rings (SSSR count). The van der Waals surface area contributed by atoms with Gasteiger partial charge in [-0.3, -0.25) is 4.79 Å². The molecule has 0 N–H and O–H groups in total. The topological polar surface area (TPSA) is 57.7 Å². The van der Waals surface area contributed by atoms with Gasteiger partial charge in [-0.1, -0.05) is 24.3 Å². The number of rotatable bonds is 5. The molecule has 1 fully saturated rings. The maximum absolute atomic E-state index is 13.3. The largest absolute Gasteiger partial charge is 0.341 e. The Labute approximate surface area is 169 Å². The molecule has 2 aromatic rings. The minimum atomic E-state index is -3.66. The molecule has 1 aliphatic heterocycles. The van der Waals surface area contributed by atoms with Crippen LogP contribution in [0.3, 0.4) is 0 Å². The van der Waals surface area contributed by atoms with Gasteiger partial charge in [0.1, 0.15) is 11.6 Å². The van der Waals surface area contributed by atoms with E-state index in [1.54, 1.807) is 17.0 Å². The van der Waals surface area contributed by atoms with Gasteiger partial charge in [0, 0.05) is 31.6 Å². The van der Waals surface area contributed by atoms with Crippen molar-refractivity contribution < 1.29 is 22.0 Å². The lowest BCUT2D eigenvalue weighted by atomic mass is 10.1. The highest BCUT2D eigenvalue weighted by Gasteiger charge is 2.25. The summed E-state index contributed by atoms with van der Waals surface area (Å²) in [5, 5.41) is 1.10. The Morgan fingerprint density at radius 2 is 1.72 bits per heavy atom. The maximum Gasteiger partial charge on any atom is 0.236 e. The standard InChI is InChI=1S/C21H22F2N2O3S/c22-19-7-5-17(6-8-19)9-14-29(27,28)25-11-2-10-24(12-13-25)21(26)16-18-3-1-4-20(23)15-18/h1,3-9,14-15H,2,10-13,16H2/b14-9+. The first-order chi connectivity index (χ1) is 13.8. The van der Waals surface area contributed by atoms with Crippen LogP contribution < -0.4 is 0 Å². The number of carbonyl (C=O) groups excluding carboxylic acids is 1. The lowest BCUT2D eigenvalue weighted by Gasteiger charge is -2.21. The molecule has 5 nitrogen and oxygen atoms in total. The first-order valence-corrected chi connectivity index (χ1v) is 10.8. The third-order valence-corrected chi connectivity index (χ3v) is 6.28. The molecule has 0 radical (unpaired) electrons. The van der Waals surface area contributed by atoms with E-state index in [0.29, 0.717) is 30.6 Å². The van der Waals surface area contributed by atoms with E-state index < -0.39 is 15.8 Å². The molecule has 29 heavy (non-hydrogen) atoms. The fourth-order valence-electron chi connectivity index (χ4n) is 3.16. The van der Waals surface area contributed by atoms with Gasteiger partial charge in [-0.05, 0) is 47.9 Å². The van der Waals surface area contributed by atoms with E-state index in [9.17, 15) is 22.0 Å². The van der Waals surface area contributed by atoms with E-state index in [4.69, 9.17) is 0 Å². The van der Waals surface area contributed by atoms with Crippen LogP contribution in [0.4, 0.5) is 8.78 Å². The van der Waals surface area contributed by atoms with Crippen LogP contribution in [-0.4, -0.2) is 49.7 Å². The second-order valence-electron chi connectivity index (χ2n) is 6.84. The van der Waals surface area contributed by atoms with Gasteiger partial charge in [-0.2, -0.15) is 4.31 Å². The van der Waals surface area contributed by atoms with Crippen LogP contribution in [0.5, 0.6) is 0 Å². The Balaban J connectivity index is 1.61. The summed E-state index contributed by atoms with van der Waals surface area (Å²) in [6.45, 7) is 1.21. The van der Waals surface area contributed by atoms with Gasteiger partial charge in [0.15, 0.2) is 0 Å². The summed E-state index contributed by atoms with van der Waals surface area (Å²) in [5.41, 5.74) is 1.17. The van der Waals surface area contributed by atoms with Crippen LogP contribution in [0.15, 0.2) is 53.9 Å². The molecule has 0 saturated carbocycles. The van der Waals surface area contributed by atoms with E-state index in [0.717, 1.165) is 5.41 Å². The monoisotopic (exact) mass is 420 g/mol. The summed E-state index contributed by atoms with van der Waals surface area (Å²) in [7, 11) is -3.66. The molecule has 0 bridgehead atoms. The highest BCUT2D eigenvalue weighted by Crippen LogP contribution is 2.14. The van der Waals surface area contributed by atoms with Crippen LogP contribution >= 0.6 is 0 Å². The van der Waals surface area contributed by atoms with Crippen molar-refractivity contribution in [2.45, 2.75) is 12.8 Å². The molecule has 8 heteroatoms. The average Bonchev–Trinajstić information content (AvgIpc) is 2.95. The van der Waals surface area contributed by atoms with Gasteiger partial charge < -0.3 is 4.90 Å². The molecule has 0 unspecified atom stereocenters. The zero-order valence-corrected chi connectivity index (χ0v) is 16.6. The number of carbonyl (C=O) groups is 1. The zero-order chi connectivity index (χ0) is 20.9. The first-order valence-electron chi connectivity index (χ1n) is 9.29. The molecule has 154 valence electrons. The van der Waals surface area contributed by atoms with Gasteiger partial charge >= 0.3 is 0 Å². The molecule has 0 aromatic heterocycles. The van der Waals surface area contributed by atoms with E-state index in [1.165, 1.54) is 46.8 Å². The van der Waals surface area contributed by atoms with Crippen molar-refractivity contribution in [3.8, 4) is 0 Å². The summed E-state index contributed by atoms with van der Waals surface area (Å²) in [4.78, 5) is 14.1. The van der Waals surface area contributed by atoms with Crippen molar-refractivity contribution >= 4 is 22.0 Å².